The van der Waals surface area contributed by atoms with Crippen molar-refractivity contribution < 1.29 is 4.79 Å². The number of benzene rings is 1. The first-order chi connectivity index (χ1) is 10.2. The van der Waals surface area contributed by atoms with E-state index in [0.29, 0.717) is 29.1 Å². The number of nitrogens with one attached hydrogen (secondary N) is 2. The normalized spacial score (nSPS) is 13.8. The maximum Gasteiger partial charge on any atom is 0.254 e. The zero-order chi connectivity index (χ0) is 14.7. The molecule has 6 heteroatoms. The molecule has 0 saturated heterocycles. The highest BCUT2D eigenvalue weighted by Gasteiger charge is 2.21. The summed E-state index contributed by atoms with van der Waals surface area (Å²) in [6.07, 6.45) is 5.37. The fraction of sp³-hybridized carbons (Fsp3) is 0.267. The van der Waals surface area contributed by atoms with Gasteiger partial charge >= 0.3 is 0 Å². The van der Waals surface area contributed by atoms with Crippen molar-refractivity contribution in [2.75, 3.05) is 5.32 Å². The van der Waals surface area contributed by atoms with Crippen LogP contribution in [0.5, 0.6) is 0 Å². The number of anilines is 1. The van der Waals surface area contributed by atoms with E-state index in [1.807, 2.05) is 18.2 Å². The minimum absolute atomic E-state index is 0.215. The van der Waals surface area contributed by atoms with Gasteiger partial charge in [-0.25, -0.2) is 9.97 Å². The second-order valence-electron chi connectivity index (χ2n) is 4.99. The lowest BCUT2D eigenvalue weighted by atomic mass is 10.2. The fourth-order valence-electron chi connectivity index (χ4n) is 1.85. The van der Waals surface area contributed by atoms with Crippen molar-refractivity contribution in [3.63, 3.8) is 0 Å². The first-order valence-electron chi connectivity index (χ1n) is 6.82. The van der Waals surface area contributed by atoms with E-state index in [0.717, 1.165) is 18.4 Å². The number of hydrogen-bond acceptors (Lipinski definition) is 4. The third kappa shape index (κ3) is 3.70. The van der Waals surface area contributed by atoms with Gasteiger partial charge < -0.3 is 10.6 Å². The SMILES string of the molecule is O=C(NCc1ccccc1Cl)c1cnc(NC2CC2)nc1. The smallest absolute Gasteiger partial charge is 0.254 e. The summed E-state index contributed by atoms with van der Waals surface area (Å²) in [5, 5.41) is 6.62. The highest BCUT2D eigenvalue weighted by Crippen LogP contribution is 2.22. The molecule has 0 radical (unpaired) electrons. The number of carbonyl (C=O) groups is 1. The van der Waals surface area contributed by atoms with Gasteiger partial charge in [-0.1, -0.05) is 29.8 Å². The van der Waals surface area contributed by atoms with Crippen molar-refractivity contribution in [2.45, 2.75) is 25.4 Å². The summed E-state index contributed by atoms with van der Waals surface area (Å²) in [6.45, 7) is 0.376. The maximum atomic E-state index is 12.0. The summed E-state index contributed by atoms with van der Waals surface area (Å²) in [7, 11) is 0. The van der Waals surface area contributed by atoms with Crippen LogP contribution in [0.25, 0.3) is 0 Å². The molecule has 1 heterocycles. The Bertz CT molecular complexity index is 640. The van der Waals surface area contributed by atoms with Crippen LogP contribution >= 0.6 is 11.6 Å². The first-order valence-corrected chi connectivity index (χ1v) is 7.20. The molecule has 1 aromatic heterocycles. The van der Waals surface area contributed by atoms with E-state index in [9.17, 15) is 4.79 Å². The standard InChI is InChI=1S/C15H15ClN4O/c16-13-4-2-1-3-10(13)7-17-14(21)11-8-18-15(19-9-11)20-12-5-6-12/h1-4,8-9,12H,5-7H2,(H,17,21)(H,18,19,20). The van der Waals surface area contributed by atoms with Gasteiger partial charge in [-0.15, -0.1) is 0 Å². The average Bonchev–Trinajstić information content (AvgIpc) is 3.31. The molecular formula is C15H15ClN4O. The Balaban J connectivity index is 1.58. The molecule has 0 spiro atoms. The van der Waals surface area contributed by atoms with Gasteiger partial charge in [0.05, 0.1) is 5.56 Å². The molecule has 5 nitrogen and oxygen atoms in total. The van der Waals surface area contributed by atoms with Crippen molar-refractivity contribution in [3.05, 3.63) is 52.8 Å². The summed E-state index contributed by atoms with van der Waals surface area (Å²) in [5.41, 5.74) is 1.31. The van der Waals surface area contributed by atoms with Crippen molar-refractivity contribution >= 4 is 23.5 Å². The monoisotopic (exact) mass is 302 g/mol. The molecule has 3 rings (SSSR count). The molecule has 1 amide bonds. The first kappa shape index (κ1) is 13.8. The van der Waals surface area contributed by atoms with Gasteiger partial charge in [0.15, 0.2) is 0 Å². The molecule has 0 atom stereocenters. The summed E-state index contributed by atoms with van der Waals surface area (Å²) in [4.78, 5) is 20.3. The van der Waals surface area contributed by atoms with Crippen molar-refractivity contribution in [1.82, 2.24) is 15.3 Å². The second-order valence-corrected chi connectivity index (χ2v) is 5.40. The molecule has 0 aliphatic heterocycles. The Morgan fingerprint density at radius 1 is 1.24 bits per heavy atom. The van der Waals surface area contributed by atoms with E-state index >= 15 is 0 Å². The molecule has 1 aliphatic rings. The van der Waals surface area contributed by atoms with Crippen LogP contribution in [-0.2, 0) is 6.54 Å². The van der Waals surface area contributed by atoms with Gasteiger partial charge in [-0.05, 0) is 24.5 Å². The Kier molecular flexibility index (Phi) is 4.01. The molecule has 1 saturated carbocycles. The number of halogens is 1. The molecular weight excluding hydrogens is 288 g/mol. The van der Waals surface area contributed by atoms with Gasteiger partial charge in [0.2, 0.25) is 5.95 Å². The third-order valence-electron chi connectivity index (χ3n) is 3.22. The topological polar surface area (TPSA) is 66.9 Å². The van der Waals surface area contributed by atoms with Gasteiger partial charge in [-0.3, -0.25) is 4.79 Å². The fourth-order valence-corrected chi connectivity index (χ4v) is 2.05. The highest BCUT2D eigenvalue weighted by atomic mass is 35.5. The van der Waals surface area contributed by atoms with Crippen LogP contribution in [0.2, 0.25) is 5.02 Å². The highest BCUT2D eigenvalue weighted by molar-refractivity contribution is 6.31. The van der Waals surface area contributed by atoms with Crippen LogP contribution in [-0.4, -0.2) is 21.9 Å². The quantitative estimate of drug-likeness (QED) is 0.891. The summed E-state index contributed by atoms with van der Waals surface area (Å²) < 4.78 is 0. The van der Waals surface area contributed by atoms with Crippen LogP contribution in [0.1, 0.15) is 28.8 Å². The molecule has 21 heavy (non-hydrogen) atoms. The van der Waals surface area contributed by atoms with E-state index in [4.69, 9.17) is 11.6 Å². The van der Waals surface area contributed by atoms with Crippen molar-refractivity contribution in [1.29, 1.82) is 0 Å². The lowest BCUT2D eigenvalue weighted by molar-refractivity contribution is 0.0950. The second kappa shape index (κ2) is 6.10. The molecule has 1 fully saturated rings. The Hall–Kier alpha value is -2.14. The van der Waals surface area contributed by atoms with Crippen LogP contribution in [0, 0.1) is 0 Å². The van der Waals surface area contributed by atoms with E-state index < -0.39 is 0 Å². The van der Waals surface area contributed by atoms with Crippen molar-refractivity contribution in [2.24, 2.45) is 0 Å². The summed E-state index contributed by atoms with van der Waals surface area (Å²) >= 11 is 6.04. The number of carbonyl (C=O) groups excluding carboxylic acids is 1. The van der Waals surface area contributed by atoms with Crippen LogP contribution in [0.15, 0.2) is 36.7 Å². The molecule has 1 aromatic carbocycles. The summed E-state index contributed by atoms with van der Waals surface area (Å²) in [5.74, 6) is 0.355. The van der Waals surface area contributed by atoms with E-state index in [1.165, 1.54) is 12.4 Å². The predicted molar refractivity (Wildman–Crippen MR) is 81.3 cm³/mol. The molecule has 2 aromatic rings. The van der Waals surface area contributed by atoms with Gasteiger partial charge in [0.25, 0.3) is 5.91 Å². The van der Waals surface area contributed by atoms with Gasteiger partial charge in [0, 0.05) is 30.0 Å². The Morgan fingerprint density at radius 3 is 2.62 bits per heavy atom. The molecule has 108 valence electrons. The van der Waals surface area contributed by atoms with Crippen LogP contribution < -0.4 is 10.6 Å². The number of hydrogen-bond donors (Lipinski definition) is 2. The minimum Gasteiger partial charge on any atom is -0.351 e. The predicted octanol–water partition coefficient (Wildman–Crippen LogP) is 2.63. The molecule has 0 unspecified atom stereocenters. The molecule has 0 bridgehead atoms. The summed E-state index contributed by atoms with van der Waals surface area (Å²) in [6, 6.07) is 7.90. The average molecular weight is 303 g/mol. The number of nitrogens with zero attached hydrogens (tertiary/aromatic N) is 2. The van der Waals surface area contributed by atoms with E-state index in [-0.39, 0.29) is 5.91 Å². The minimum atomic E-state index is -0.215. The largest absolute Gasteiger partial charge is 0.351 e. The Morgan fingerprint density at radius 2 is 1.95 bits per heavy atom. The number of rotatable bonds is 5. The number of aromatic nitrogens is 2. The zero-order valence-electron chi connectivity index (χ0n) is 11.3. The maximum absolute atomic E-state index is 12.0. The molecule has 2 N–H and O–H groups in total. The number of amides is 1. The lowest BCUT2D eigenvalue weighted by Gasteiger charge is -2.07. The van der Waals surface area contributed by atoms with Crippen molar-refractivity contribution in [3.8, 4) is 0 Å². The van der Waals surface area contributed by atoms with E-state index in [2.05, 4.69) is 20.6 Å². The molecule has 1 aliphatic carbocycles. The van der Waals surface area contributed by atoms with Crippen LogP contribution in [0.4, 0.5) is 5.95 Å². The lowest BCUT2D eigenvalue weighted by Crippen LogP contribution is -2.23. The third-order valence-corrected chi connectivity index (χ3v) is 3.59. The van der Waals surface area contributed by atoms with Gasteiger partial charge in [0.1, 0.15) is 0 Å². The zero-order valence-corrected chi connectivity index (χ0v) is 12.1. The van der Waals surface area contributed by atoms with E-state index in [1.54, 1.807) is 6.07 Å². The Labute approximate surface area is 127 Å². The van der Waals surface area contributed by atoms with Crippen LogP contribution in [0.3, 0.4) is 0 Å². The van der Waals surface area contributed by atoms with Gasteiger partial charge in [-0.2, -0.15) is 0 Å².